The second-order valence-electron chi connectivity index (χ2n) is 3.64. The number of hydrazine groups is 1. The smallest absolute Gasteiger partial charge is 0.335 e. The molecular formula is C11H12N2O3. The van der Waals surface area contributed by atoms with E-state index < -0.39 is 5.97 Å². The van der Waals surface area contributed by atoms with Crippen LogP contribution in [-0.4, -0.2) is 35.6 Å². The lowest BCUT2D eigenvalue weighted by atomic mass is 10.2. The van der Waals surface area contributed by atoms with Crippen molar-refractivity contribution in [2.75, 3.05) is 18.6 Å². The second-order valence-corrected chi connectivity index (χ2v) is 3.64. The largest absolute Gasteiger partial charge is 0.478 e. The first-order chi connectivity index (χ1) is 7.59. The van der Waals surface area contributed by atoms with Crippen LogP contribution in [-0.2, 0) is 4.79 Å². The molecule has 0 aromatic heterocycles. The maximum absolute atomic E-state index is 11.3. The van der Waals surface area contributed by atoms with E-state index in [2.05, 4.69) is 0 Å². The van der Waals surface area contributed by atoms with Gasteiger partial charge in [-0.05, 0) is 24.3 Å². The summed E-state index contributed by atoms with van der Waals surface area (Å²) in [6.07, 6.45) is 0.497. The van der Waals surface area contributed by atoms with Gasteiger partial charge in [-0.2, -0.15) is 0 Å². The average Bonchev–Trinajstić information content (AvgIpc) is 2.60. The number of aromatic carboxylic acids is 1. The molecular weight excluding hydrogens is 208 g/mol. The van der Waals surface area contributed by atoms with Crippen molar-refractivity contribution in [2.24, 2.45) is 0 Å². The van der Waals surface area contributed by atoms with Crippen molar-refractivity contribution in [1.82, 2.24) is 5.01 Å². The van der Waals surface area contributed by atoms with E-state index in [-0.39, 0.29) is 11.5 Å². The minimum atomic E-state index is -0.947. The summed E-state index contributed by atoms with van der Waals surface area (Å²) < 4.78 is 0. The van der Waals surface area contributed by atoms with E-state index in [1.165, 1.54) is 12.1 Å². The van der Waals surface area contributed by atoms with Crippen LogP contribution in [0.15, 0.2) is 24.3 Å². The predicted octanol–water partition coefficient (Wildman–Crippen LogP) is 0.968. The fourth-order valence-corrected chi connectivity index (χ4v) is 1.73. The Hall–Kier alpha value is -2.04. The third kappa shape index (κ3) is 1.71. The molecule has 5 nitrogen and oxygen atoms in total. The van der Waals surface area contributed by atoms with Gasteiger partial charge in [0.05, 0.1) is 11.3 Å². The van der Waals surface area contributed by atoms with Gasteiger partial charge in [0.2, 0.25) is 5.91 Å². The van der Waals surface area contributed by atoms with Crippen LogP contribution in [0.25, 0.3) is 0 Å². The predicted molar refractivity (Wildman–Crippen MR) is 58.1 cm³/mol. The molecule has 0 bridgehead atoms. The standard InChI is InChI=1S/C11H12N2O3/c1-12-10(14)6-7-13(12)9-4-2-8(3-5-9)11(15)16/h2-5H,6-7H2,1H3,(H,15,16). The Balaban J connectivity index is 2.22. The second kappa shape index (κ2) is 3.84. The maximum Gasteiger partial charge on any atom is 0.335 e. The quantitative estimate of drug-likeness (QED) is 0.806. The number of benzene rings is 1. The van der Waals surface area contributed by atoms with Crippen molar-refractivity contribution in [1.29, 1.82) is 0 Å². The zero-order valence-corrected chi connectivity index (χ0v) is 8.88. The Bertz CT molecular complexity index is 427. The van der Waals surface area contributed by atoms with Crippen molar-refractivity contribution in [2.45, 2.75) is 6.42 Å². The topological polar surface area (TPSA) is 60.9 Å². The fourth-order valence-electron chi connectivity index (χ4n) is 1.73. The van der Waals surface area contributed by atoms with Gasteiger partial charge in [0, 0.05) is 20.0 Å². The normalized spacial score (nSPS) is 15.7. The molecule has 0 spiro atoms. The Kier molecular flexibility index (Phi) is 2.52. The molecule has 5 heteroatoms. The van der Waals surface area contributed by atoms with Crippen molar-refractivity contribution in [3.05, 3.63) is 29.8 Å². The number of hydrogen-bond acceptors (Lipinski definition) is 3. The fraction of sp³-hybridized carbons (Fsp3) is 0.273. The number of carbonyl (C=O) groups is 2. The third-order valence-electron chi connectivity index (χ3n) is 2.67. The van der Waals surface area contributed by atoms with E-state index in [0.717, 1.165) is 5.69 Å². The van der Waals surface area contributed by atoms with Gasteiger partial charge < -0.3 is 5.11 Å². The Morgan fingerprint density at radius 3 is 2.38 bits per heavy atom. The number of rotatable bonds is 2. The first-order valence-electron chi connectivity index (χ1n) is 4.97. The summed E-state index contributed by atoms with van der Waals surface area (Å²) in [6, 6.07) is 6.49. The highest BCUT2D eigenvalue weighted by molar-refractivity contribution is 5.88. The van der Waals surface area contributed by atoms with Gasteiger partial charge in [0.25, 0.3) is 0 Å². The Morgan fingerprint density at radius 1 is 1.31 bits per heavy atom. The summed E-state index contributed by atoms with van der Waals surface area (Å²) >= 11 is 0. The molecule has 1 aliphatic heterocycles. The van der Waals surface area contributed by atoms with E-state index in [4.69, 9.17) is 5.11 Å². The van der Waals surface area contributed by atoms with Gasteiger partial charge in [0.15, 0.2) is 0 Å². The molecule has 1 N–H and O–H groups in total. The summed E-state index contributed by atoms with van der Waals surface area (Å²) in [6.45, 7) is 0.641. The van der Waals surface area contributed by atoms with Gasteiger partial charge in [-0.1, -0.05) is 0 Å². The summed E-state index contributed by atoms with van der Waals surface area (Å²) in [7, 11) is 1.71. The number of carboxylic acids is 1. The van der Waals surface area contributed by atoms with Gasteiger partial charge in [0.1, 0.15) is 0 Å². The van der Waals surface area contributed by atoms with Crippen molar-refractivity contribution in [3.8, 4) is 0 Å². The molecule has 0 atom stereocenters. The van der Waals surface area contributed by atoms with Crippen LogP contribution in [0, 0.1) is 0 Å². The number of carboxylic acid groups (broad SMARTS) is 1. The van der Waals surface area contributed by atoms with E-state index in [0.29, 0.717) is 13.0 Å². The summed E-state index contributed by atoms with van der Waals surface area (Å²) in [5.74, 6) is -0.875. The van der Waals surface area contributed by atoms with Gasteiger partial charge in [-0.25, -0.2) is 4.79 Å². The molecule has 2 rings (SSSR count). The van der Waals surface area contributed by atoms with E-state index >= 15 is 0 Å². The molecule has 16 heavy (non-hydrogen) atoms. The number of hydrogen-bond donors (Lipinski definition) is 1. The minimum absolute atomic E-state index is 0.0716. The lowest BCUT2D eigenvalue weighted by molar-refractivity contribution is -0.126. The zero-order valence-electron chi connectivity index (χ0n) is 8.88. The molecule has 0 saturated carbocycles. The van der Waals surface area contributed by atoms with Crippen molar-refractivity contribution < 1.29 is 14.7 Å². The molecule has 1 fully saturated rings. The monoisotopic (exact) mass is 220 g/mol. The molecule has 1 aromatic rings. The molecule has 0 aliphatic carbocycles. The van der Waals surface area contributed by atoms with Crippen molar-refractivity contribution >= 4 is 17.6 Å². The molecule has 1 saturated heterocycles. The van der Waals surface area contributed by atoms with Crippen LogP contribution in [0.4, 0.5) is 5.69 Å². The number of anilines is 1. The van der Waals surface area contributed by atoms with Crippen LogP contribution >= 0.6 is 0 Å². The Morgan fingerprint density at radius 2 is 1.94 bits per heavy atom. The van der Waals surface area contributed by atoms with E-state index in [1.54, 1.807) is 24.2 Å². The van der Waals surface area contributed by atoms with Crippen LogP contribution in [0.2, 0.25) is 0 Å². The van der Waals surface area contributed by atoms with Gasteiger partial charge >= 0.3 is 5.97 Å². The van der Waals surface area contributed by atoms with E-state index in [9.17, 15) is 9.59 Å². The number of amides is 1. The van der Waals surface area contributed by atoms with Crippen molar-refractivity contribution in [3.63, 3.8) is 0 Å². The molecule has 84 valence electrons. The number of nitrogens with zero attached hydrogens (tertiary/aromatic N) is 2. The third-order valence-corrected chi connectivity index (χ3v) is 2.67. The first kappa shape index (κ1) is 10.5. The lowest BCUT2D eigenvalue weighted by Gasteiger charge is -2.25. The lowest BCUT2D eigenvalue weighted by Crippen LogP contribution is -2.35. The van der Waals surface area contributed by atoms with Gasteiger partial charge in [-0.15, -0.1) is 0 Å². The summed E-state index contributed by atoms with van der Waals surface area (Å²) in [5, 5.41) is 12.1. The molecule has 0 radical (unpaired) electrons. The average molecular weight is 220 g/mol. The van der Waals surface area contributed by atoms with Gasteiger partial charge in [-0.3, -0.25) is 14.8 Å². The van der Waals surface area contributed by atoms with Crippen LogP contribution in [0.3, 0.4) is 0 Å². The molecule has 1 aromatic carbocycles. The highest BCUT2D eigenvalue weighted by Crippen LogP contribution is 2.21. The summed E-state index contributed by atoms with van der Waals surface area (Å²) in [5.41, 5.74) is 1.08. The maximum atomic E-state index is 11.3. The molecule has 0 unspecified atom stereocenters. The number of carbonyl (C=O) groups excluding carboxylic acids is 1. The van der Waals surface area contributed by atoms with E-state index in [1.807, 2.05) is 5.01 Å². The summed E-state index contributed by atoms with van der Waals surface area (Å²) in [4.78, 5) is 22.0. The van der Waals surface area contributed by atoms with Crippen LogP contribution in [0.1, 0.15) is 16.8 Å². The molecule has 1 amide bonds. The van der Waals surface area contributed by atoms with Crippen LogP contribution in [0.5, 0.6) is 0 Å². The zero-order chi connectivity index (χ0) is 11.7. The SMILES string of the molecule is CN1C(=O)CCN1c1ccc(C(=O)O)cc1. The minimum Gasteiger partial charge on any atom is -0.478 e. The molecule has 1 aliphatic rings. The first-order valence-corrected chi connectivity index (χ1v) is 4.97. The highest BCUT2D eigenvalue weighted by atomic mass is 16.4. The van der Waals surface area contributed by atoms with Crippen LogP contribution < -0.4 is 5.01 Å². The molecule has 1 heterocycles. The Labute approximate surface area is 92.9 Å². The highest BCUT2D eigenvalue weighted by Gasteiger charge is 2.25.